The summed E-state index contributed by atoms with van der Waals surface area (Å²) < 4.78 is 23.0. The highest BCUT2D eigenvalue weighted by Gasteiger charge is 2.31. The van der Waals surface area contributed by atoms with Crippen LogP contribution in [0.3, 0.4) is 0 Å². The van der Waals surface area contributed by atoms with Crippen LogP contribution in [0.4, 0.5) is 0 Å². The predicted octanol–water partition coefficient (Wildman–Crippen LogP) is 12.3. The highest BCUT2D eigenvalue weighted by Crippen LogP contribution is 2.43. The molecule has 1 aromatic rings. The highest BCUT2D eigenvalue weighted by atomic mass is 32.1. The third-order valence-corrected chi connectivity index (χ3v) is 9.35. The van der Waals surface area contributed by atoms with Crippen molar-refractivity contribution in [3.63, 3.8) is 0 Å². The maximum Gasteiger partial charge on any atom is 0.352 e. The fraction of sp³-hybridized carbons (Fsp3) is 0.842. The van der Waals surface area contributed by atoms with Crippen LogP contribution in [0.15, 0.2) is 0 Å². The molecule has 6 nitrogen and oxygen atoms in total. The molecule has 0 atom stereocenters. The zero-order valence-electron chi connectivity index (χ0n) is 29.7. The van der Waals surface area contributed by atoms with Gasteiger partial charge in [-0.3, -0.25) is 0 Å². The van der Waals surface area contributed by atoms with E-state index in [9.17, 15) is 9.59 Å². The summed E-state index contributed by atoms with van der Waals surface area (Å²) >= 11 is 1.05. The lowest BCUT2D eigenvalue weighted by Crippen LogP contribution is -2.08. The van der Waals surface area contributed by atoms with Crippen molar-refractivity contribution in [2.24, 2.45) is 0 Å². The third kappa shape index (κ3) is 20.2. The molecule has 0 N–H and O–H groups in total. The second-order valence-electron chi connectivity index (χ2n) is 12.3. The first-order valence-electron chi connectivity index (χ1n) is 18.9. The van der Waals surface area contributed by atoms with Crippen LogP contribution in [0.5, 0.6) is 11.5 Å². The van der Waals surface area contributed by atoms with Crippen LogP contribution < -0.4 is 9.47 Å². The van der Waals surface area contributed by atoms with Crippen molar-refractivity contribution in [2.45, 2.75) is 182 Å². The molecule has 0 saturated heterocycles. The molecule has 0 radical (unpaired) electrons. The van der Waals surface area contributed by atoms with E-state index in [2.05, 4.69) is 13.8 Å². The minimum atomic E-state index is -0.488. The van der Waals surface area contributed by atoms with E-state index in [1.54, 1.807) is 13.8 Å². The Morgan fingerprint density at radius 2 is 0.689 bits per heavy atom. The van der Waals surface area contributed by atoms with E-state index in [1.807, 2.05) is 0 Å². The number of thiophene rings is 1. The first-order chi connectivity index (χ1) is 22.1. The summed E-state index contributed by atoms with van der Waals surface area (Å²) in [6.07, 6.45) is 30.4. The molecule has 0 bridgehead atoms. The van der Waals surface area contributed by atoms with Crippen LogP contribution in [-0.4, -0.2) is 38.4 Å². The van der Waals surface area contributed by atoms with Gasteiger partial charge in [-0.1, -0.05) is 155 Å². The van der Waals surface area contributed by atoms with Gasteiger partial charge in [0.1, 0.15) is 0 Å². The largest absolute Gasteiger partial charge is 0.488 e. The molecule has 0 aliphatic heterocycles. The smallest absolute Gasteiger partial charge is 0.352 e. The molecule has 0 saturated carbocycles. The molecule has 0 aliphatic rings. The van der Waals surface area contributed by atoms with Gasteiger partial charge in [-0.2, -0.15) is 0 Å². The standard InChI is InChI=1S/C38H68O6S/c1-5-9-11-13-15-17-19-21-23-25-27-29-31-43-33-34(36(38(40)42-8-4)45-35(33)37(39)41-7-3)44-32-30-28-26-24-22-20-18-16-14-12-10-6-2/h5-32H2,1-4H3. The number of carbonyl (C=O) groups is 2. The van der Waals surface area contributed by atoms with Crippen molar-refractivity contribution in [3.8, 4) is 11.5 Å². The Balaban J connectivity index is 2.54. The molecule has 0 fully saturated rings. The molecular formula is C38H68O6S. The summed E-state index contributed by atoms with van der Waals surface area (Å²) in [5, 5.41) is 0. The van der Waals surface area contributed by atoms with Crippen molar-refractivity contribution < 1.29 is 28.5 Å². The number of ether oxygens (including phenoxy) is 4. The van der Waals surface area contributed by atoms with Gasteiger partial charge in [0.05, 0.1) is 26.4 Å². The van der Waals surface area contributed by atoms with Gasteiger partial charge >= 0.3 is 11.9 Å². The van der Waals surface area contributed by atoms with Crippen LogP contribution in [0.25, 0.3) is 0 Å². The first-order valence-corrected chi connectivity index (χ1v) is 19.7. The molecule has 1 aromatic heterocycles. The zero-order valence-corrected chi connectivity index (χ0v) is 30.5. The average Bonchev–Trinajstić information content (AvgIpc) is 3.40. The van der Waals surface area contributed by atoms with Gasteiger partial charge in [-0.25, -0.2) is 9.59 Å². The van der Waals surface area contributed by atoms with Gasteiger partial charge in [0.25, 0.3) is 0 Å². The third-order valence-electron chi connectivity index (χ3n) is 8.23. The van der Waals surface area contributed by atoms with Crippen LogP contribution >= 0.6 is 11.3 Å². The van der Waals surface area contributed by atoms with E-state index >= 15 is 0 Å². The Morgan fingerprint density at radius 3 is 0.956 bits per heavy atom. The van der Waals surface area contributed by atoms with Crippen molar-refractivity contribution in [2.75, 3.05) is 26.4 Å². The molecule has 0 spiro atoms. The Bertz CT molecular complexity index is 785. The minimum Gasteiger partial charge on any atom is -0.488 e. The van der Waals surface area contributed by atoms with Gasteiger partial charge in [0, 0.05) is 0 Å². The topological polar surface area (TPSA) is 71.1 Å². The molecule has 45 heavy (non-hydrogen) atoms. The summed E-state index contributed by atoms with van der Waals surface area (Å²) in [6, 6.07) is 0. The van der Waals surface area contributed by atoms with Crippen molar-refractivity contribution in [3.05, 3.63) is 9.75 Å². The average molecular weight is 653 g/mol. The fourth-order valence-corrected chi connectivity index (χ4v) is 6.54. The van der Waals surface area contributed by atoms with E-state index in [4.69, 9.17) is 18.9 Å². The van der Waals surface area contributed by atoms with E-state index in [-0.39, 0.29) is 23.0 Å². The minimum absolute atomic E-state index is 0.249. The van der Waals surface area contributed by atoms with Gasteiger partial charge < -0.3 is 18.9 Å². The highest BCUT2D eigenvalue weighted by molar-refractivity contribution is 7.16. The molecule has 1 rings (SSSR count). The van der Waals surface area contributed by atoms with Gasteiger partial charge in [0.2, 0.25) is 0 Å². The zero-order chi connectivity index (χ0) is 32.8. The van der Waals surface area contributed by atoms with Crippen molar-refractivity contribution in [1.82, 2.24) is 0 Å². The molecule has 0 aromatic carbocycles. The number of hydrogen-bond acceptors (Lipinski definition) is 7. The van der Waals surface area contributed by atoms with Crippen molar-refractivity contribution in [1.29, 1.82) is 0 Å². The SMILES string of the molecule is CCCCCCCCCCCCCCOc1c(C(=O)OCC)sc(C(=O)OCC)c1OCCCCCCCCCCCCCC. The van der Waals surface area contributed by atoms with Crippen LogP contribution in [0.1, 0.15) is 201 Å². The number of unbranched alkanes of at least 4 members (excludes halogenated alkanes) is 22. The molecular weight excluding hydrogens is 584 g/mol. The van der Waals surface area contributed by atoms with E-state index in [0.29, 0.717) is 24.7 Å². The molecule has 7 heteroatoms. The quantitative estimate of drug-likeness (QED) is 0.0570. The summed E-state index contributed by atoms with van der Waals surface area (Å²) in [5.41, 5.74) is 0. The van der Waals surface area contributed by atoms with Gasteiger partial charge in [-0.15, -0.1) is 11.3 Å². The summed E-state index contributed by atoms with van der Waals surface area (Å²) in [5.74, 6) is -0.303. The Labute approximate surface area is 280 Å². The normalized spacial score (nSPS) is 11.1. The lowest BCUT2D eigenvalue weighted by Gasteiger charge is -2.12. The molecule has 262 valence electrons. The second kappa shape index (κ2) is 29.6. The molecule has 1 heterocycles. The van der Waals surface area contributed by atoms with E-state index < -0.39 is 11.9 Å². The Hall–Kier alpha value is -1.76. The number of carbonyl (C=O) groups excluding carboxylic acids is 2. The van der Waals surface area contributed by atoms with Gasteiger partial charge in [0.15, 0.2) is 21.3 Å². The maximum atomic E-state index is 12.8. The molecule has 0 unspecified atom stereocenters. The number of hydrogen-bond donors (Lipinski definition) is 0. The second-order valence-corrected chi connectivity index (χ2v) is 13.4. The summed E-state index contributed by atoms with van der Waals surface area (Å²) in [4.78, 5) is 26.2. The monoisotopic (exact) mass is 652 g/mol. The van der Waals surface area contributed by atoms with Crippen LogP contribution in [0, 0.1) is 0 Å². The van der Waals surface area contributed by atoms with Crippen LogP contribution in [-0.2, 0) is 9.47 Å². The van der Waals surface area contributed by atoms with Crippen molar-refractivity contribution >= 4 is 23.3 Å². The number of esters is 2. The summed E-state index contributed by atoms with van der Waals surface area (Å²) in [7, 11) is 0. The summed E-state index contributed by atoms with van der Waals surface area (Å²) in [6.45, 7) is 9.51. The lowest BCUT2D eigenvalue weighted by molar-refractivity contribution is 0.0516. The molecule has 0 amide bonds. The predicted molar refractivity (Wildman–Crippen MR) is 189 cm³/mol. The first kappa shape index (κ1) is 41.3. The number of rotatable bonds is 32. The maximum absolute atomic E-state index is 12.8. The van der Waals surface area contributed by atoms with Crippen LogP contribution in [0.2, 0.25) is 0 Å². The lowest BCUT2D eigenvalue weighted by atomic mass is 10.1. The van der Waals surface area contributed by atoms with E-state index in [0.717, 1.165) is 37.0 Å². The fourth-order valence-electron chi connectivity index (χ4n) is 5.56. The molecule has 0 aliphatic carbocycles. The van der Waals surface area contributed by atoms with E-state index in [1.165, 1.54) is 128 Å². The Kier molecular flexibility index (Phi) is 27.2. The van der Waals surface area contributed by atoms with Gasteiger partial charge in [-0.05, 0) is 26.7 Å². The Morgan fingerprint density at radius 1 is 0.422 bits per heavy atom.